The molecular formula is C15H20N2O5. The van der Waals surface area contributed by atoms with E-state index < -0.39 is 24.3 Å². The summed E-state index contributed by atoms with van der Waals surface area (Å²) in [6, 6.07) is 8.80. The van der Waals surface area contributed by atoms with Crippen LogP contribution in [0.5, 0.6) is 0 Å². The molecule has 120 valence electrons. The van der Waals surface area contributed by atoms with Crippen LogP contribution in [0.1, 0.15) is 20.3 Å². The molecule has 0 atom stereocenters. The Morgan fingerprint density at radius 3 is 2.18 bits per heavy atom. The zero-order valence-corrected chi connectivity index (χ0v) is 12.7. The Bertz CT molecular complexity index is 504. The lowest BCUT2D eigenvalue weighted by Crippen LogP contribution is -2.46. The molecule has 1 N–H and O–H groups in total. The molecule has 22 heavy (non-hydrogen) atoms. The van der Waals surface area contributed by atoms with Gasteiger partial charge in [-0.2, -0.15) is 0 Å². The Balaban J connectivity index is 2.71. The van der Waals surface area contributed by atoms with E-state index in [4.69, 9.17) is 9.47 Å². The van der Waals surface area contributed by atoms with Gasteiger partial charge in [0.2, 0.25) is 5.91 Å². The van der Waals surface area contributed by atoms with E-state index in [9.17, 15) is 14.4 Å². The number of amides is 1. The van der Waals surface area contributed by atoms with Crippen LogP contribution in [0, 0.1) is 0 Å². The molecule has 0 aromatic heterocycles. The molecule has 0 aliphatic rings. The van der Waals surface area contributed by atoms with Gasteiger partial charge in [0.05, 0.1) is 18.9 Å². The molecule has 0 fully saturated rings. The second-order valence-electron chi connectivity index (χ2n) is 4.24. The van der Waals surface area contributed by atoms with Crippen LogP contribution >= 0.6 is 0 Å². The highest BCUT2D eigenvalue weighted by molar-refractivity contribution is 5.95. The lowest BCUT2D eigenvalue weighted by Gasteiger charge is -2.24. The van der Waals surface area contributed by atoms with Gasteiger partial charge in [0.25, 0.3) is 0 Å². The lowest BCUT2D eigenvalue weighted by molar-refractivity contribution is -0.145. The SMILES string of the molecule is CCOC(=O)CC(=O)NN(CC(=O)OCC)c1ccccc1. The highest BCUT2D eigenvalue weighted by Gasteiger charge is 2.17. The summed E-state index contributed by atoms with van der Waals surface area (Å²) >= 11 is 0. The second-order valence-corrected chi connectivity index (χ2v) is 4.24. The third-order valence-corrected chi connectivity index (χ3v) is 2.53. The number of benzene rings is 1. The van der Waals surface area contributed by atoms with Crippen molar-refractivity contribution in [3.8, 4) is 0 Å². The molecule has 7 nitrogen and oxygen atoms in total. The van der Waals surface area contributed by atoms with E-state index in [0.717, 1.165) is 0 Å². The van der Waals surface area contributed by atoms with E-state index in [-0.39, 0.29) is 19.8 Å². The largest absolute Gasteiger partial charge is 0.466 e. The van der Waals surface area contributed by atoms with Gasteiger partial charge in [-0.25, -0.2) is 0 Å². The predicted octanol–water partition coefficient (Wildman–Crippen LogP) is 1.04. The summed E-state index contributed by atoms with van der Waals surface area (Å²) in [5, 5.41) is 1.33. The molecule has 1 rings (SSSR count). The van der Waals surface area contributed by atoms with Crippen molar-refractivity contribution in [3.05, 3.63) is 30.3 Å². The Kier molecular flexibility index (Phi) is 7.45. The molecule has 0 unspecified atom stereocenters. The molecule has 0 heterocycles. The van der Waals surface area contributed by atoms with Gasteiger partial charge in [0.1, 0.15) is 13.0 Å². The Labute approximate surface area is 129 Å². The zero-order chi connectivity index (χ0) is 16.4. The minimum Gasteiger partial charge on any atom is -0.466 e. The maximum absolute atomic E-state index is 11.8. The molecule has 0 spiro atoms. The first-order valence-corrected chi connectivity index (χ1v) is 7.00. The molecular weight excluding hydrogens is 288 g/mol. The summed E-state index contributed by atoms with van der Waals surface area (Å²) < 4.78 is 9.58. The van der Waals surface area contributed by atoms with Crippen LogP contribution in [-0.4, -0.2) is 37.6 Å². The number of esters is 2. The van der Waals surface area contributed by atoms with Gasteiger partial charge in [-0.3, -0.25) is 24.8 Å². The van der Waals surface area contributed by atoms with Crippen molar-refractivity contribution in [2.45, 2.75) is 20.3 Å². The van der Waals surface area contributed by atoms with Crippen LogP contribution in [0.4, 0.5) is 5.69 Å². The van der Waals surface area contributed by atoms with Crippen molar-refractivity contribution in [1.82, 2.24) is 5.43 Å². The van der Waals surface area contributed by atoms with Crippen LogP contribution in [0.3, 0.4) is 0 Å². The third kappa shape index (κ3) is 6.25. The van der Waals surface area contributed by atoms with Gasteiger partial charge in [0.15, 0.2) is 0 Å². The number of carbonyl (C=O) groups is 3. The van der Waals surface area contributed by atoms with Crippen LogP contribution < -0.4 is 10.4 Å². The summed E-state index contributed by atoms with van der Waals surface area (Å²) in [7, 11) is 0. The van der Waals surface area contributed by atoms with Crippen LogP contribution in [0.15, 0.2) is 30.3 Å². The van der Waals surface area contributed by atoms with E-state index in [0.29, 0.717) is 5.69 Å². The number of carbonyl (C=O) groups excluding carboxylic acids is 3. The van der Waals surface area contributed by atoms with Gasteiger partial charge in [-0.1, -0.05) is 18.2 Å². The number of nitrogens with one attached hydrogen (secondary N) is 1. The highest BCUT2D eigenvalue weighted by Crippen LogP contribution is 2.11. The first-order valence-electron chi connectivity index (χ1n) is 7.00. The van der Waals surface area contributed by atoms with Gasteiger partial charge in [-0.05, 0) is 26.0 Å². The fourth-order valence-corrected chi connectivity index (χ4v) is 1.67. The number of hydrogen-bond donors (Lipinski definition) is 1. The van der Waals surface area contributed by atoms with Crippen LogP contribution in [0.2, 0.25) is 0 Å². The normalized spacial score (nSPS) is 9.73. The molecule has 0 radical (unpaired) electrons. The number of ether oxygens (including phenoxy) is 2. The molecule has 0 saturated heterocycles. The van der Waals surface area contributed by atoms with Crippen molar-refractivity contribution >= 4 is 23.5 Å². The maximum Gasteiger partial charge on any atom is 0.327 e. The fourth-order valence-electron chi connectivity index (χ4n) is 1.67. The number of hydrazine groups is 1. The quantitative estimate of drug-likeness (QED) is 0.439. The minimum absolute atomic E-state index is 0.160. The first-order chi connectivity index (χ1) is 10.6. The monoisotopic (exact) mass is 308 g/mol. The summed E-state index contributed by atoms with van der Waals surface area (Å²) in [6.07, 6.45) is -0.417. The van der Waals surface area contributed by atoms with Crippen molar-refractivity contribution in [2.24, 2.45) is 0 Å². The maximum atomic E-state index is 11.8. The zero-order valence-electron chi connectivity index (χ0n) is 12.7. The van der Waals surface area contributed by atoms with E-state index in [1.165, 1.54) is 5.01 Å². The number of para-hydroxylation sites is 1. The standard InChI is InChI=1S/C15H20N2O5/c1-3-21-14(19)10-13(18)16-17(11-15(20)22-4-2)12-8-6-5-7-9-12/h5-9H,3-4,10-11H2,1-2H3,(H,16,18). The number of nitrogens with zero attached hydrogens (tertiary/aromatic N) is 1. The number of hydrogen-bond acceptors (Lipinski definition) is 6. The number of anilines is 1. The van der Waals surface area contributed by atoms with Crippen LogP contribution in [-0.2, 0) is 23.9 Å². The molecule has 0 bridgehead atoms. The summed E-state index contributed by atoms with van der Waals surface area (Å²) in [5.74, 6) is -1.67. The summed E-state index contributed by atoms with van der Waals surface area (Å²) in [5.41, 5.74) is 3.11. The van der Waals surface area contributed by atoms with Crippen molar-refractivity contribution < 1.29 is 23.9 Å². The fraction of sp³-hybridized carbons (Fsp3) is 0.400. The molecule has 0 aliphatic carbocycles. The lowest BCUT2D eigenvalue weighted by atomic mass is 10.3. The Morgan fingerprint density at radius 2 is 1.59 bits per heavy atom. The molecule has 1 amide bonds. The average Bonchev–Trinajstić information content (AvgIpc) is 2.47. The molecule has 1 aromatic rings. The molecule has 1 aromatic carbocycles. The third-order valence-electron chi connectivity index (χ3n) is 2.53. The van der Waals surface area contributed by atoms with Crippen LogP contribution in [0.25, 0.3) is 0 Å². The number of rotatable bonds is 8. The van der Waals surface area contributed by atoms with Crippen molar-refractivity contribution in [1.29, 1.82) is 0 Å². The molecule has 0 aliphatic heterocycles. The van der Waals surface area contributed by atoms with E-state index in [1.807, 2.05) is 6.07 Å². The van der Waals surface area contributed by atoms with Gasteiger partial charge < -0.3 is 9.47 Å². The second kappa shape index (κ2) is 9.38. The van der Waals surface area contributed by atoms with Gasteiger partial charge in [-0.15, -0.1) is 0 Å². The topological polar surface area (TPSA) is 84.9 Å². The highest BCUT2D eigenvalue weighted by atomic mass is 16.5. The van der Waals surface area contributed by atoms with E-state index in [1.54, 1.807) is 38.1 Å². The summed E-state index contributed by atoms with van der Waals surface area (Å²) in [6.45, 7) is 3.65. The van der Waals surface area contributed by atoms with Gasteiger partial charge in [0, 0.05) is 0 Å². The van der Waals surface area contributed by atoms with Crippen molar-refractivity contribution in [2.75, 3.05) is 24.8 Å². The van der Waals surface area contributed by atoms with E-state index in [2.05, 4.69) is 5.43 Å². The Hall–Kier alpha value is -2.57. The first kappa shape index (κ1) is 17.5. The molecule has 0 saturated carbocycles. The minimum atomic E-state index is -0.621. The summed E-state index contributed by atoms with van der Waals surface area (Å²) in [4.78, 5) is 34.8. The van der Waals surface area contributed by atoms with Gasteiger partial charge >= 0.3 is 11.9 Å². The Morgan fingerprint density at radius 1 is 1.00 bits per heavy atom. The van der Waals surface area contributed by atoms with Crippen molar-refractivity contribution in [3.63, 3.8) is 0 Å². The average molecular weight is 308 g/mol. The van der Waals surface area contributed by atoms with E-state index >= 15 is 0 Å². The predicted molar refractivity (Wildman–Crippen MR) is 79.8 cm³/mol. The smallest absolute Gasteiger partial charge is 0.327 e. The molecule has 7 heteroatoms.